The molecule has 0 aromatic rings. The van der Waals surface area contributed by atoms with Crippen molar-refractivity contribution in [2.45, 2.75) is 90.9 Å². The van der Waals surface area contributed by atoms with Crippen LogP contribution >= 0.6 is 11.8 Å². The van der Waals surface area contributed by atoms with Gasteiger partial charge in [0.05, 0.1) is 26.2 Å². The molecular weight excluding hydrogens is 332 g/mol. The molecule has 25 heavy (non-hydrogen) atoms. The summed E-state index contributed by atoms with van der Waals surface area (Å²) in [7, 11) is 0. The summed E-state index contributed by atoms with van der Waals surface area (Å²) in [4.78, 5) is 8.11. The summed E-state index contributed by atoms with van der Waals surface area (Å²) in [5, 5.41) is 7.89. The highest BCUT2D eigenvalue weighted by Gasteiger charge is 2.27. The third-order valence-electron chi connectivity index (χ3n) is 5.58. The van der Waals surface area contributed by atoms with Crippen LogP contribution in [-0.2, 0) is 0 Å². The van der Waals surface area contributed by atoms with Gasteiger partial charge in [-0.05, 0) is 19.8 Å². The molecule has 4 nitrogen and oxygen atoms in total. The molecule has 0 saturated carbocycles. The van der Waals surface area contributed by atoms with Crippen LogP contribution in [0, 0.1) is 4.91 Å². The van der Waals surface area contributed by atoms with Crippen LogP contribution in [0.5, 0.6) is 0 Å². The molecule has 5 heteroatoms. The Morgan fingerprint density at radius 2 is 1.20 bits per heavy atom. The van der Waals surface area contributed by atoms with Gasteiger partial charge in [0.1, 0.15) is 0 Å². The van der Waals surface area contributed by atoms with E-state index in [9.17, 15) is 0 Å². The van der Waals surface area contributed by atoms with Gasteiger partial charge in [-0.15, -0.1) is 4.91 Å². The minimum absolute atomic E-state index is 1.25. The molecule has 0 unspecified atom stereocenters. The van der Waals surface area contributed by atoms with Crippen LogP contribution in [0.3, 0.4) is 0 Å². The topological polar surface area (TPSA) is 49.7 Å². The first kappa shape index (κ1) is 24.7. The zero-order valence-corrected chi connectivity index (χ0v) is 17.7. The van der Waals surface area contributed by atoms with E-state index in [0.29, 0.717) is 0 Å². The number of hydrogen-bond acceptors (Lipinski definition) is 3. The van der Waals surface area contributed by atoms with Gasteiger partial charge in [0, 0.05) is 11.5 Å². The lowest BCUT2D eigenvalue weighted by molar-refractivity contribution is -0.923. The van der Waals surface area contributed by atoms with Gasteiger partial charge in [-0.1, -0.05) is 71.1 Å². The van der Waals surface area contributed by atoms with E-state index in [1.807, 2.05) is 0 Å². The van der Waals surface area contributed by atoms with Gasteiger partial charge >= 0.3 is 0 Å². The smallest absolute Gasteiger partial charge is 0.152 e. The molecule has 1 aliphatic rings. The molecule has 1 saturated heterocycles. The van der Waals surface area contributed by atoms with Crippen LogP contribution in [0.1, 0.15) is 90.9 Å². The van der Waals surface area contributed by atoms with Crippen molar-refractivity contribution in [1.29, 1.82) is 0 Å². The molecule has 1 heterocycles. The number of rotatable bonds is 14. The maximum atomic E-state index is 8.11. The van der Waals surface area contributed by atoms with Crippen molar-refractivity contribution in [2.24, 2.45) is 5.34 Å². The molecule has 0 amide bonds. The lowest BCUT2D eigenvalue weighted by Crippen LogP contribution is -2.53. The first-order valence-corrected chi connectivity index (χ1v) is 11.8. The maximum Gasteiger partial charge on any atom is 0.152 e. The summed E-state index contributed by atoms with van der Waals surface area (Å²) >= 11 is 2.16. The molecular formula is C20H43N2O2S+. The van der Waals surface area contributed by atoms with E-state index in [1.165, 1.54) is 125 Å². The molecule has 1 N–H and O–H groups in total. The van der Waals surface area contributed by atoms with Crippen molar-refractivity contribution < 1.29 is 9.69 Å². The summed E-state index contributed by atoms with van der Waals surface area (Å²) in [6.45, 7) is 10.4. The quantitative estimate of drug-likeness (QED) is 0.165. The van der Waals surface area contributed by atoms with Crippen LogP contribution < -0.4 is 0 Å². The van der Waals surface area contributed by atoms with Crippen molar-refractivity contribution in [3.05, 3.63) is 4.91 Å². The van der Waals surface area contributed by atoms with Gasteiger partial charge < -0.3 is 9.69 Å². The first-order chi connectivity index (χ1) is 12.2. The van der Waals surface area contributed by atoms with E-state index >= 15 is 0 Å². The zero-order valence-electron chi connectivity index (χ0n) is 16.9. The lowest BCUT2D eigenvalue weighted by atomic mass is 10.0. The number of thioether (sulfide) groups is 1. The standard InChI is InChI=1S/C20H42NS.HNO2/c1-3-5-6-7-8-9-10-11-12-13-14-15-16-21(4-2)17-19-22-20-18-21;2-1-3/h3-20H2,1-2H3;(H,2,3)/q+1;. The van der Waals surface area contributed by atoms with E-state index in [-0.39, 0.29) is 0 Å². The second-order valence-corrected chi connectivity index (χ2v) is 8.64. The average Bonchev–Trinajstić information content (AvgIpc) is 2.64. The summed E-state index contributed by atoms with van der Waals surface area (Å²) in [5.74, 6) is 2.79. The second kappa shape index (κ2) is 18.5. The Hall–Kier alpha value is -0.290. The molecule has 0 bridgehead atoms. The van der Waals surface area contributed by atoms with E-state index in [2.05, 4.69) is 25.6 Å². The first-order valence-electron chi connectivity index (χ1n) is 10.6. The molecule has 0 aromatic heterocycles. The Kier molecular flexibility index (Phi) is 18.3. The molecule has 1 rings (SSSR count). The van der Waals surface area contributed by atoms with Crippen LogP contribution in [0.15, 0.2) is 5.34 Å². The Balaban J connectivity index is 0.00000178. The number of quaternary nitrogens is 1. The van der Waals surface area contributed by atoms with Crippen molar-refractivity contribution in [3.8, 4) is 0 Å². The summed E-state index contributed by atoms with van der Waals surface area (Å²) in [6, 6.07) is 0. The van der Waals surface area contributed by atoms with Crippen molar-refractivity contribution >= 4 is 11.8 Å². The van der Waals surface area contributed by atoms with Crippen LogP contribution in [0.4, 0.5) is 0 Å². The van der Waals surface area contributed by atoms with Crippen molar-refractivity contribution in [3.63, 3.8) is 0 Å². The van der Waals surface area contributed by atoms with Gasteiger partial charge in [-0.2, -0.15) is 11.8 Å². The zero-order chi connectivity index (χ0) is 18.6. The highest BCUT2D eigenvalue weighted by atomic mass is 32.2. The molecule has 0 aliphatic carbocycles. The molecule has 1 aliphatic heterocycles. The molecule has 0 radical (unpaired) electrons. The normalized spacial score (nSPS) is 16.1. The van der Waals surface area contributed by atoms with Gasteiger partial charge in [0.25, 0.3) is 0 Å². The van der Waals surface area contributed by atoms with Gasteiger partial charge in [-0.25, -0.2) is 0 Å². The largest absolute Gasteiger partial charge is 0.379 e. The summed E-state index contributed by atoms with van der Waals surface area (Å²) in [5.41, 5.74) is 0. The predicted octanol–water partition coefficient (Wildman–Crippen LogP) is 6.41. The predicted molar refractivity (Wildman–Crippen MR) is 111 cm³/mol. The van der Waals surface area contributed by atoms with Gasteiger partial charge in [-0.3, -0.25) is 0 Å². The fourth-order valence-electron chi connectivity index (χ4n) is 3.72. The van der Waals surface area contributed by atoms with Crippen LogP contribution in [-0.4, -0.2) is 47.4 Å². The van der Waals surface area contributed by atoms with Crippen LogP contribution in [0.25, 0.3) is 0 Å². The SMILES string of the molecule is CCCCCCCCCCCCCC[N+]1(CC)CCSCC1.O=NO. The molecule has 150 valence electrons. The Morgan fingerprint density at radius 1 is 0.800 bits per heavy atom. The van der Waals surface area contributed by atoms with E-state index in [0.717, 1.165) is 0 Å². The average molecular weight is 376 g/mol. The second-order valence-electron chi connectivity index (χ2n) is 7.41. The fourth-order valence-corrected chi connectivity index (χ4v) is 4.95. The minimum Gasteiger partial charge on any atom is -0.379 e. The Labute approximate surface area is 160 Å². The number of unbranched alkanes of at least 4 members (excludes halogenated alkanes) is 11. The Bertz CT molecular complexity index is 285. The monoisotopic (exact) mass is 375 g/mol. The minimum atomic E-state index is 1.25. The highest BCUT2D eigenvalue weighted by molar-refractivity contribution is 7.99. The van der Waals surface area contributed by atoms with Crippen molar-refractivity contribution in [2.75, 3.05) is 37.7 Å². The van der Waals surface area contributed by atoms with E-state index in [4.69, 9.17) is 10.1 Å². The highest BCUT2D eigenvalue weighted by Crippen LogP contribution is 2.20. The van der Waals surface area contributed by atoms with Gasteiger partial charge in [0.2, 0.25) is 0 Å². The number of nitrogens with zero attached hydrogens (tertiary/aromatic N) is 2. The fraction of sp³-hybridized carbons (Fsp3) is 1.00. The lowest BCUT2D eigenvalue weighted by Gasteiger charge is -2.40. The van der Waals surface area contributed by atoms with E-state index < -0.39 is 0 Å². The Morgan fingerprint density at radius 3 is 1.60 bits per heavy atom. The van der Waals surface area contributed by atoms with Gasteiger partial charge in [0.15, 0.2) is 5.34 Å². The van der Waals surface area contributed by atoms with E-state index in [1.54, 1.807) is 0 Å². The third kappa shape index (κ3) is 14.6. The summed E-state index contributed by atoms with van der Waals surface area (Å²) < 4.78 is 1.42. The molecule has 0 atom stereocenters. The molecule has 0 aromatic carbocycles. The molecule has 1 fully saturated rings. The summed E-state index contributed by atoms with van der Waals surface area (Å²) in [6.07, 6.45) is 17.6. The molecule has 0 spiro atoms. The van der Waals surface area contributed by atoms with Crippen LogP contribution in [0.2, 0.25) is 0 Å². The van der Waals surface area contributed by atoms with Crippen molar-refractivity contribution in [1.82, 2.24) is 0 Å². The maximum absolute atomic E-state index is 8.11. The number of hydrogen-bond donors (Lipinski definition) is 1. The third-order valence-corrected chi connectivity index (χ3v) is 6.52.